The van der Waals surface area contributed by atoms with Crippen LogP contribution in [0.1, 0.15) is 48.1 Å². The summed E-state index contributed by atoms with van der Waals surface area (Å²) in [5, 5.41) is 4.80. The molecule has 33 heavy (non-hydrogen) atoms. The number of hydrogen-bond acceptors (Lipinski definition) is 6. The minimum atomic E-state index is -0.564. The molecule has 0 bridgehead atoms. The van der Waals surface area contributed by atoms with Crippen molar-refractivity contribution >= 4 is 46.6 Å². The van der Waals surface area contributed by atoms with E-state index in [-0.39, 0.29) is 0 Å². The smallest absolute Gasteiger partial charge is 0.358 e. The first kappa shape index (κ1) is 25.2. The summed E-state index contributed by atoms with van der Waals surface area (Å²) >= 11 is 4.07. The van der Waals surface area contributed by atoms with Gasteiger partial charge in [0.1, 0.15) is 12.9 Å². The second kappa shape index (κ2) is 12.8. The van der Waals surface area contributed by atoms with E-state index < -0.39 is 5.97 Å². The number of fused-ring (bicyclic) bond motifs is 1. The lowest BCUT2D eigenvalue weighted by Crippen LogP contribution is -2.12. The van der Waals surface area contributed by atoms with E-state index >= 15 is 0 Å². The van der Waals surface area contributed by atoms with Gasteiger partial charge < -0.3 is 14.1 Å². The predicted molar refractivity (Wildman–Crippen MR) is 142 cm³/mol. The number of thioether (sulfide) groups is 2. The predicted octanol–water partition coefficient (Wildman–Crippen LogP) is 6.82. The van der Waals surface area contributed by atoms with Crippen molar-refractivity contribution in [1.82, 2.24) is 4.57 Å². The second-order valence-electron chi connectivity index (χ2n) is 7.62. The second-order valence-corrected chi connectivity index (χ2v) is 10.3. The summed E-state index contributed by atoms with van der Waals surface area (Å²) in [6.45, 7) is 7.29. The van der Waals surface area contributed by atoms with Gasteiger partial charge in [0, 0.05) is 27.7 Å². The van der Waals surface area contributed by atoms with Crippen LogP contribution >= 0.6 is 23.5 Å². The molecule has 0 saturated carbocycles. The molecule has 0 radical (unpaired) electrons. The number of ether oxygens (including phenoxy) is 1. The molecule has 176 valence electrons. The Morgan fingerprint density at radius 1 is 1.06 bits per heavy atom. The van der Waals surface area contributed by atoms with Gasteiger partial charge in [0.2, 0.25) is 0 Å². The lowest BCUT2D eigenvalue weighted by atomic mass is 10.1. The molecule has 2 aromatic carbocycles. The van der Waals surface area contributed by atoms with Crippen LogP contribution in [0.2, 0.25) is 0 Å². The summed E-state index contributed by atoms with van der Waals surface area (Å²) in [6, 6.07) is 16.3. The topological polar surface area (TPSA) is 52.8 Å². The Balaban J connectivity index is 2.01. The third kappa shape index (κ3) is 6.36. The highest BCUT2D eigenvalue weighted by Crippen LogP contribution is 2.45. The molecule has 0 saturated heterocycles. The van der Waals surface area contributed by atoms with Crippen LogP contribution in [-0.4, -0.2) is 35.4 Å². The van der Waals surface area contributed by atoms with Gasteiger partial charge in [-0.05, 0) is 43.4 Å². The molecule has 0 aliphatic heterocycles. The SMILES string of the molecule is CCCSC(SCCC)c1c(C)n(Cc2ccccc2OC(=O)C=NOC)c2ccccc12. The van der Waals surface area contributed by atoms with E-state index in [0.717, 1.165) is 36.1 Å². The summed E-state index contributed by atoms with van der Waals surface area (Å²) in [4.78, 5) is 16.7. The largest absolute Gasteiger partial charge is 0.422 e. The lowest BCUT2D eigenvalue weighted by molar-refractivity contribution is -0.126. The molecule has 0 unspecified atom stereocenters. The average molecular weight is 485 g/mol. The fourth-order valence-electron chi connectivity index (χ4n) is 3.76. The lowest BCUT2D eigenvalue weighted by Gasteiger charge is -2.18. The number of benzene rings is 2. The molecule has 3 rings (SSSR count). The Kier molecular flexibility index (Phi) is 9.76. The number of oxime groups is 1. The van der Waals surface area contributed by atoms with Crippen molar-refractivity contribution in [3.05, 3.63) is 65.4 Å². The molecule has 7 heteroatoms. The first-order chi connectivity index (χ1) is 16.1. The maximum atomic E-state index is 12.1. The number of esters is 1. The van der Waals surface area contributed by atoms with Crippen LogP contribution in [0.25, 0.3) is 10.9 Å². The molecular formula is C26H32N2O3S2. The summed E-state index contributed by atoms with van der Waals surface area (Å²) in [6.07, 6.45) is 3.36. The quantitative estimate of drug-likeness (QED) is 0.0928. The summed E-state index contributed by atoms with van der Waals surface area (Å²) in [5.41, 5.74) is 4.80. The molecular weight excluding hydrogens is 452 g/mol. The van der Waals surface area contributed by atoms with Gasteiger partial charge in [-0.3, -0.25) is 0 Å². The Bertz CT molecular complexity index is 1090. The Morgan fingerprint density at radius 3 is 2.42 bits per heavy atom. The molecule has 0 amide bonds. The van der Waals surface area contributed by atoms with Crippen molar-refractivity contribution in [2.45, 2.75) is 44.7 Å². The standard InChI is InChI=1S/C26H32N2O3S2/c1-5-15-32-26(33-16-6-2)25-19(3)28(22-13-9-8-12-21(22)25)18-20-11-7-10-14-23(20)31-24(29)17-27-30-4/h7-14,17,26H,5-6,15-16,18H2,1-4H3. The minimum absolute atomic E-state index is 0.398. The molecule has 0 fully saturated rings. The average Bonchev–Trinajstić information content (AvgIpc) is 3.10. The minimum Gasteiger partial charge on any atom is -0.422 e. The fraction of sp³-hybridized carbons (Fsp3) is 0.385. The van der Waals surface area contributed by atoms with Crippen LogP contribution in [0.5, 0.6) is 5.75 Å². The molecule has 5 nitrogen and oxygen atoms in total. The van der Waals surface area contributed by atoms with Gasteiger partial charge in [-0.2, -0.15) is 0 Å². The number of aromatic nitrogens is 1. The molecule has 3 aromatic rings. The third-order valence-corrected chi connectivity index (χ3v) is 8.42. The summed E-state index contributed by atoms with van der Waals surface area (Å²) in [5.74, 6) is 2.25. The molecule has 0 aliphatic rings. The maximum absolute atomic E-state index is 12.1. The highest BCUT2D eigenvalue weighted by atomic mass is 32.2. The zero-order valence-electron chi connectivity index (χ0n) is 19.7. The van der Waals surface area contributed by atoms with E-state index in [0.29, 0.717) is 16.9 Å². The Hall–Kier alpha value is -2.38. The summed E-state index contributed by atoms with van der Waals surface area (Å²) in [7, 11) is 1.39. The zero-order chi connectivity index (χ0) is 23.6. The highest BCUT2D eigenvalue weighted by Gasteiger charge is 2.23. The van der Waals surface area contributed by atoms with Crippen molar-refractivity contribution in [2.24, 2.45) is 5.16 Å². The van der Waals surface area contributed by atoms with Crippen molar-refractivity contribution in [3.63, 3.8) is 0 Å². The van der Waals surface area contributed by atoms with Crippen molar-refractivity contribution in [1.29, 1.82) is 0 Å². The van der Waals surface area contributed by atoms with Gasteiger partial charge in [-0.15, -0.1) is 23.5 Å². The maximum Gasteiger partial charge on any atom is 0.358 e. The third-order valence-electron chi connectivity index (χ3n) is 5.24. The van der Waals surface area contributed by atoms with E-state index in [4.69, 9.17) is 4.74 Å². The van der Waals surface area contributed by atoms with Gasteiger partial charge >= 0.3 is 5.97 Å². The van der Waals surface area contributed by atoms with E-state index in [1.165, 1.54) is 29.3 Å². The van der Waals surface area contributed by atoms with Gasteiger partial charge in [0.05, 0.1) is 11.1 Å². The number of para-hydroxylation sites is 2. The fourth-order valence-corrected chi connectivity index (χ4v) is 6.55. The molecule has 0 aliphatic carbocycles. The van der Waals surface area contributed by atoms with Crippen molar-refractivity contribution in [2.75, 3.05) is 18.6 Å². The van der Waals surface area contributed by atoms with Crippen molar-refractivity contribution < 1.29 is 14.4 Å². The highest BCUT2D eigenvalue weighted by molar-refractivity contribution is 8.16. The van der Waals surface area contributed by atoms with E-state index in [2.05, 4.69) is 59.6 Å². The number of rotatable bonds is 12. The molecule has 0 spiro atoms. The van der Waals surface area contributed by atoms with Crippen LogP contribution in [-0.2, 0) is 16.2 Å². The normalized spacial score (nSPS) is 11.5. The van der Waals surface area contributed by atoms with Crippen LogP contribution in [0, 0.1) is 6.92 Å². The molecule has 1 heterocycles. The van der Waals surface area contributed by atoms with E-state index in [9.17, 15) is 4.79 Å². The van der Waals surface area contributed by atoms with Gasteiger partial charge in [-0.1, -0.05) is 55.4 Å². The van der Waals surface area contributed by atoms with Crippen molar-refractivity contribution in [3.8, 4) is 5.75 Å². The van der Waals surface area contributed by atoms with Gasteiger partial charge in [-0.25, -0.2) is 4.79 Å². The van der Waals surface area contributed by atoms with Gasteiger partial charge in [0.15, 0.2) is 6.21 Å². The number of carbonyl (C=O) groups is 1. The summed E-state index contributed by atoms with van der Waals surface area (Å²) < 4.78 is 8.28. The first-order valence-electron chi connectivity index (χ1n) is 11.3. The first-order valence-corrected chi connectivity index (χ1v) is 13.4. The Labute approximate surface area is 204 Å². The number of carbonyl (C=O) groups excluding carboxylic acids is 1. The number of hydrogen-bond donors (Lipinski definition) is 0. The zero-order valence-corrected chi connectivity index (χ0v) is 21.4. The molecule has 0 atom stereocenters. The van der Waals surface area contributed by atoms with E-state index in [1.54, 1.807) is 0 Å². The van der Waals surface area contributed by atoms with Crippen LogP contribution in [0.3, 0.4) is 0 Å². The van der Waals surface area contributed by atoms with Crippen LogP contribution < -0.4 is 4.74 Å². The van der Waals surface area contributed by atoms with Gasteiger partial charge in [0.25, 0.3) is 0 Å². The van der Waals surface area contributed by atoms with E-state index in [1.807, 2.05) is 47.8 Å². The van der Waals surface area contributed by atoms with Crippen LogP contribution in [0.15, 0.2) is 53.7 Å². The number of nitrogens with zero attached hydrogens (tertiary/aromatic N) is 2. The Morgan fingerprint density at radius 2 is 1.73 bits per heavy atom. The van der Waals surface area contributed by atoms with Crippen LogP contribution in [0.4, 0.5) is 0 Å². The monoisotopic (exact) mass is 484 g/mol. The molecule has 0 N–H and O–H groups in total. The molecule has 1 aromatic heterocycles.